The highest BCUT2D eigenvalue weighted by atomic mass is 16.5. The number of aromatic nitrogens is 4. The number of hydrogen-bond donors (Lipinski definition) is 0. The molecule has 1 fully saturated rings. The average Bonchev–Trinajstić information content (AvgIpc) is 3.38. The van der Waals surface area contributed by atoms with Crippen LogP contribution in [0.3, 0.4) is 0 Å². The number of ether oxygens (including phenoxy) is 1. The van der Waals surface area contributed by atoms with E-state index in [-0.39, 0.29) is 11.7 Å². The van der Waals surface area contributed by atoms with Gasteiger partial charge < -0.3 is 9.30 Å². The van der Waals surface area contributed by atoms with Crippen LogP contribution in [-0.4, -0.2) is 31.9 Å². The van der Waals surface area contributed by atoms with Gasteiger partial charge in [-0.05, 0) is 30.9 Å². The van der Waals surface area contributed by atoms with Gasteiger partial charge in [-0.25, -0.2) is 9.50 Å². The Bertz CT molecular complexity index is 1200. The Morgan fingerprint density at radius 1 is 1.21 bits per heavy atom. The second-order valence-corrected chi connectivity index (χ2v) is 7.24. The molecule has 6 nitrogen and oxygen atoms in total. The van der Waals surface area contributed by atoms with Crippen LogP contribution in [0.15, 0.2) is 53.6 Å². The van der Waals surface area contributed by atoms with Crippen LogP contribution in [0.2, 0.25) is 0 Å². The predicted octanol–water partition coefficient (Wildman–Crippen LogP) is 3.45. The van der Waals surface area contributed by atoms with Gasteiger partial charge in [0.15, 0.2) is 5.65 Å². The summed E-state index contributed by atoms with van der Waals surface area (Å²) in [5.74, 6) is 0. The molecule has 1 aliphatic heterocycles. The molecule has 0 aliphatic carbocycles. The monoisotopic (exact) mass is 374 g/mol. The molecule has 0 unspecified atom stereocenters. The lowest BCUT2D eigenvalue weighted by Crippen LogP contribution is -2.26. The van der Waals surface area contributed by atoms with E-state index in [0.29, 0.717) is 11.9 Å². The maximum absolute atomic E-state index is 13.0. The third kappa shape index (κ3) is 2.72. The van der Waals surface area contributed by atoms with E-state index in [2.05, 4.69) is 24.0 Å². The molecule has 0 radical (unpaired) electrons. The Balaban J connectivity index is 1.69. The van der Waals surface area contributed by atoms with Crippen LogP contribution in [-0.2, 0) is 17.7 Å². The molecule has 4 aromatic rings. The van der Waals surface area contributed by atoms with Gasteiger partial charge in [-0.3, -0.25) is 4.79 Å². The maximum Gasteiger partial charge on any atom is 0.261 e. The van der Waals surface area contributed by atoms with Crippen molar-refractivity contribution in [1.29, 1.82) is 0 Å². The van der Waals surface area contributed by atoms with E-state index in [4.69, 9.17) is 9.84 Å². The van der Waals surface area contributed by atoms with E-state index < -0.39 is 0 Å². The summed E-state index contributed by atoms with van der Waals surface area (Å²) in [5.41, 5.74) is 4.63. The summed E-state index contributed by atoms with van der Waals surface area (Å²) in [6.07, 6.45) is 6.51. The molecule has 5 rings (SSSR count). The number of hydrogen-bond acceptors (Lipinski definition) is 4. The van der Waals surface area contributed by atoms with Gasteiger partial charge in [0, 0.05) is 24.6 Å². The van der Waals surface area contributed by atoms with Crippen molar-refractivity contribution in [2.24, 2.45) is 0 Å². The lowest BCUT2D eigenvalue weighted by Gasteiger charge is -2.12. The van der Waals surface area contributed by atoms with E-state index in [1.54, 1.807) is 10.8 Å². The minimum Gasteiger partial charge on any atom is -0.376 e. The molecule has 1 atom stereocenters. The van der Waals surface area contributed by atoms with Crippen LogP contribution in [0, 0.1) is 0 Å². The van der Waals surface area contributed by atoms with Gasteiger partial charge in [-0.1, -0.05) is 37.3 Å². The molecule has 6 heteroatoms. The Morgan fingerprint density at radius 2 is 2.07 bits per heavy atom. The molecular formula is C22H22N4O2. The van der Waals surface area contributed by atoms with E-state index >= 15 is 0 Å². The molecule has 0 saturated carbocycles. The number of fused-ring (bicyclic) bond motifs is 3. The average molecular weight is 374 g/mol. The van der Waals surface area contributed by atoms with Crippen LogP contribution in [0.25, 0.3) is 27.7 Å². The largest absolute Gasteiger partial charge is 0.376 e. The Hall–Kier alpha value is -2.99. The van der Waals surface area contributed by atoms with Crippen LogP contribution in [0.5, 0.6) is 0 Å². The molecule has 4 heterocycles. The number of pyridine rings is 1. The predicted molar refractivity (Wildman–Crippen MR) is 109 cm³/mol. The van der Waals surface area contributed by atoms with Crippen LogP contribution in [0.4, 0.5) is 0 Å². The molecule has 1 aromatic carbocycles. The zero-order valence-electron chi connectivity index (χ0n) is 15.8. The van der Waals surface area contributed by atoms with Crippen molar-refractivity contribution in [2.75, 3.05) is 6.61 Å². The Kier molecular flexibility index (Phi) is 4.20. The van der Waals surface area contributed by atoms with Crippen molar-refractivity contribution in [3.05, 3.63) is 64.8 Å². The maximum atomic E-state index is 13.0. The molecule has 0 bridgehead atoms. The summed E-state index contributed by atoms with van der Waals surface area (Å²) in [7, 11) is 0. The number of aryl methyl sites for hydroxylation is 1. The highest BCUT2D eigenvalue weighted by molar-refractivity contribution is 5.86. The van der Waals surface area contributed by atoms with Crippen molar-refractivity contribution in [3.63, 3.8) is 0 Å². The van der Waals surface area contributed by atoms with Crippen molar-refractivity contribution >= 4 is 16.6 Å². The zero-order valence-corrected chi connectivity index (χ0v) is 15.8. The molecule has 142 valence electrons. The Labute approximate surface area is 162 Å². The van der Waals surface area contributed by atoms with E-state index in [1.165, 1.54) is 0 Å². The van der Waals surface area contributed by atoms with Crippen LogP contribution < -0.4 is 5.56 Å². The van der Waals surface area contributed by atoms with Gasteiger partial charge in [0.25, 0.3) is 5.56 Å². The summed E-state index contributed by atoms with van der Waals surface area (Å²) in [4.78, 5) is 17.7. The smallest absolute Gasteiger partial charge is 0.261 e. The molecule has 0 amide bonds. The minimum absolute atomic E-state index is 0.0443. The third-order valence-electron chi connectivity index (χ3n) is 5.48. The zero-order chi connectivity index (χ0) is 19.1. The first-order valence-corrected chi connectivity index (χ1v) is 9.83. The van der Waals surface area contributed by atoms with Gasteiger partial charge in [-0.15, -0.1) is 0 Å². The SMILES string of the molecule is CCc1nn2c(ncc3c(=O)n(C[C@@H]4CCCO4)ccc32)c1-c1ccccc1. The van der Waals surface area contributed by atoms with E-state index in [1.807, 2.05) is 35.0 Å². The van der Waals surface area contributed by atoms with E-state index in [0.717, 1.165) is 53.9 Å². The van der Waals surface area contributed by atoms with Gasteiger partial charge in [-0.2, -0.15) is 5.10 Å². The van der Waals surface area contributed by atoms with Crippen molar-refractivity contribution in [3.8, 4) is 11.1 Å². The second-order valence-electron chi connectivity index (χ2n) is 7.24. The molecule has 1 saturated heterocycles. The molecule has 3 aromatic heterocycles. The van der Waals surface area contributed by atoms with Gasteiger partial charge in [0.05, 0.1) is 29.2 Å². The third-order valence-corrected chi connectivity index (χ3v) is 5.48. The second kappa shape index (κ2) is 6.87. The summed E-state index contributed by atoms with van der Waals surface area (Å²) in [6.45, 7) is 3.46. The first-order valence-electron chi connectivity index (χ1n) is 9.83. The normalized spacial score (nSPS) is 17.0. The van der Waals surface area contributed by atoms with Crippen molar-refractivity contribution in [1.82, 2.24) is 19.2 Å². The fourth-order valence-corrected chi connectivity index (χ4v) is 4.05. The van der Waals surface area contributed by atoms with Crippen LogP contribution in [0.1, 0.15) is 25.5 Å². The molecular weight excluding hydrogens is 352 g/mol. The molecule has 1 aliphatic rings. The first kappa shape index (κ1) is 17.1. The van der Waals surface area contributed by atoms with Gasteiger partial charge in [0.1, 0.15) is 0 Å². The number of benzene rings is 1. The molecule has 0 spiro atoms. The summed E-state index contributed by atoms with van der Waals surface area (Å²) >= 11 is 0. The summed E-state index contributed by atoms with van der Waals surface area (Å²) < 4.78 is 9.23. The lowest BCUT2D eigenvalue weighted by atomic mass is 10.0. The van der Waals surface area contributed by atoms with Gasteiger partial charge >= 0.3 is 0 Å². The lowest BCUT2D eigenvalue weighted by molar-refractivity contribution is 0.0963. The van der Waals surface area contributed by atoms with Crippen molar-refractivity contribution in [2.45, 2.75) is 38.8 Å². The summed E-state index contributed by atoms with van der Waals surface area (Å²) in [5, 5.41) is 5.37. The topological polar surface area (TPSA) is 61.4 Å². The van der Waals surface area contributed by atoms with E-state index in [9.17, 15) is 4.79 Å². The van der Waals surface area contributed by atoms with Crippen molar-refractivity contribution < 1.29 is 4.74 Å². The first-order chi connectivity index (χ1) is 13.8. The summed E-state index contributed by atoms with van der Waals surface area (Å²) in [6, 6.07) is 12.1. The number of rotatable bonds is 4. The molecule has 28 heavy (non-hydrogen) atoms. The highest BCUT2D eigenvalue weighted by Crippen LogP contribution is 2.29. The van der Waals surface area contributed by atoms with Gasteiger partial charge in [0.2, 0.25) is 0 Å². The van der Waals surface area contributed by atoms with Crippen LogP contribution >= 0.6 is 0 Å². The fraction of sp³-hybridized carbons (Fsp3) is 0.318. The fourth-order valence-electron chi connectivity index (χ4n) is 4.05. The standard InChI is InChI=1S/C22H22N4O2/c1-2-18-20(15-7-4-3-5-8-15)21-23-13-17-19(26(21)24-18)10-11-25(22(17)27)14-16-9-6-12-28-16/h3-5,7-8,10-11,13,16H,2,6,9,12,14H2,1H3/t16-/m0/s1. The minimum atomic E-state index is -0.0443. The quantitative estimate of drug-likeness (QED) is 0.549. The number of nitrogens with zero attached hydrogens (tertiary/aromatic N) is 4. The highest BCUT2D eigenvalue weighted by Gasteiger charge is 2.19. The molecule has 0 N–H and O–H groups in total. The Morgan fingerprint density at radius 3 is 2.82 bits per heavy atom.